The molecule has 0 saturated carbocycles. The van der Waals surface area contributed by atoms with Crippen LogP contribution < -0.4 is 10.9 Å². The highest BCUT2D eigenvalue weighted by Crippen LogP contribution is 2.30. The maximum atomic E-state index is 12.1. The molecule has 1 aromatic heterocycles. The number of nitrogens with one attached hydrogen (secondary N) is 2. The minimum atomic E-state index is -0.369. The molecule has 0 bridgehead atoms. The van der Waals surface area contributed by atoms with E-state index >= 15 is 0 Å². The van der Waals surface area contributed by atoms with Crippen LogP contribution in [0, 0.1) is 5.41 Å². The Balaban J connectivity index is 1.99. The summed E-state index contributed by atoms with van der Waals surface area (Å²) >= 11 is 0. The Bertz CT molecular complexity index is 537. The van der Waals surface area contributed by atoms with Gasteiger partial charge in [-0.1, -0.05) is 0 Å². The Morgan fingerprint density at radius 2 is 2.24 bits per heavy atom. The van der Waals surface area contributed by atoms with Gasteiger partial charge in [-0.3, -0.25) is 4.79 Å². The van der Waals surface area contributed by atoms with E-state index in [-0.39, 0.29) is 29.3 Å². The molecule has 7 nitrogen and oxygen atoms in total. The number of aliphatic hydroxyl groups is 1. The van der Waals surface area contributed by atoms with Crippen LogP contribution >= 0.6 is 0 Å². The molecule has 1 aliphatic heterocycles. The summed E-state index contributed by atoms with van der Waals surface area (Å²) in [6.45, 7) is 1.62. The predicted octanol–water partition coefficient (Wildman–Crippen LogP) is 0.628. The molecule has 1 aromatic rings. The number of amides is 2. The maximum Gasteiger partial charge on any atom is 0.321 e. The number of hydrogen-bond donors (Lipinski definition) is 3. The fourth-order valence-electron chi connectivity index (χ4n) is 2.48. The third kappa shape index (κ3) is 3.83. The summed E-state index contributed by atoms with van der Waals surface area (Å²) in [5, 5.41) is 12.2. The van der Waals surface area contributed by atoms with E-state index in [2.05, 4.69) is 10.3 Å². The molecule has 1 fully saturated rings. The molecule has 7 heteroatoms. The standard InChI is InChI=1S/C14H21N3O4/c1-17(9-14(10-18)4-7-21-8-5-14)13(20)16-11-3-2-6-15-12(11)19/h2-3,6,18H,4-5,7-10H2,1H3,(H,15,19)(H,16,20). The number of ether oxygens (including phenoxy) is 1. The molecule has 1 aliphatic rings. The monoisotopic (exact) mass is 295 g/mol. The first kappa shape index (κ1) is 15.5. The highest BCUT2D eigenvalue weighted by atomic mass is 16.5. The molecule has 0 radical (unpaired) electrons. The van der Waals surface area contributed by atoms with Crippen molar-refractivity contribution in [2.24, 2.45) is 5.41 Å². The Hall–Kier alpha value is -1.86. The fraction of sp³-hybridized carbons (Fsp3) is 0.571. The van der Waals surface area contributed by atoms with Gasteiger partial charge in [-0.2, -0.15) is 0 Å². The minimum absolute atomic E-state index is 0.0138. The van der Waals surface area contributed by atoms with E-state index in [0.29, 0.717) is 32.6 Å². The lowest BCUT2D eigenvalue weighted by molar-refractivity contribution is -0.0255. The number of pyridine rings is 1. The normalized spacial score (nSPS) is 17.2. The number of carbonyl (C=O) groups excluding carboxylic acids is 1. The number of nitrogens with zero attached hydrogens (tertiary/aromatic N) is 1. The van der Waals surface area contributed by atoms with Crippen LogP contribution in [0.2, 0.25) is 0 Å². The van der Waals surface area contributed by atoms with E-state index in [4.69, 9.17) is 4.74 Å². The molecule has 2 amide bonds. The van der Waals surface area contributed by atoms with Crippen molar-refractivity contribution in [3.63, 3.8) is 0 Å². The first-order valence-electron chi connectivity index (χ1n) is 6.95. The van der Waals surface area contributed by atoms with Gasteiger partial charge in [0.1, 0.15) is 5.69 Å². The minimum Gasteiger partial charge on any atom is -0.396 e. The maximum absolute atomic E-state index is 12.1. The van der Waals surface area contributed by atoms with E-state index in [1.165, 1.54) is 11.1 Å². The Morgan fingerprint density at radius 1 is 1.52 bits per heavy atom. The van der Waals surface area contributed by atoms with Gasteiger partial charge in [-0.15, -0.1) is 0 Å². The van der Waals surface area contributed by atoms with Crippen molar-refractivity contribution in [3.05, 3.63) is 28.7 Å². The average molecular weight is 295 g/mol. The highest BCUT2D eigenvalue weighted by molar-refractivity contribution is 5.88. The molecule has 0 atom stereocenters. The number of urea groups is 1. The van der Waals surface area contributed by atoms with Crippen molar-refractivity contribution in [2.75, 3.05) is 38.7 Å². The van der Waals surface area contributed by atoms with E-state index in [1.54, 1.807) is 19.2 Å². The first-order chi connectivity index (χ1) is 10.1. The summed E-state index contributed by atoms with van der Waals surface area (Å²) in [5.41, 5.74) is -0.463. The molecule has 0 spiro atoms. The zero-order chi connectivity index (χ0) is 15.3. The van der Waals surface area contributed by atoms with Gasteiger partial charge < -0.3 is 25.0 Å². The number of rotatable bonds is 4. The van der Waals surface area contributed by atoms with Crippen LogP contribution in [0.25, 0.3) is 0 Å². The number of carbonyl (C=O) groups is 1. The van der Waals surface area contributed by atoms with Crippen LogP contribution in [0.4, 0.5) is 10.5 Å². The highest BCUT2D eigenvalue weighted by Gasteiger charge is 2.34. The van der Waals surface area contributed by atoms with E-state index in [1.807, 2.05) is 0 Å². The van der Waals surface area contributed by atoms with E-state index < -0.39 is 0 Å². The molecular formula is C14H21N3O4. The number of anilines is 1. The summed E-state index contributed by atoms with van der Waals surface area (Å²) in [7, 11) is 1.65. The number of aromatic amines is 1. The zero-order valence-corrected chi connectivity index (χ0v) is 12.1. The summed E-state index contributed by atoms with van der Waals surface area (Å²) in [4.78, 5) is 27.7. The van der Waals surface area contributed by atoms with Gasteiger partial charge in [-0.05, 0) is 25.0 Å². The quantitative estimate of drug-likeness (QED) is 0.759. The Morgan fingerprint density at radius 3 is 2.86 bits per heavy atom. The van der Waals surface area contributed by atoms with Crippen LogP contribution in [0.15, 0.2) is 23.1 Å². The number of aromatic nitrogens is 1. The van der Waals surface area contributed by atoms with Crippen molar-refractivity contribution in [2.45, 2.75) is 12.8 Å². The molecule has 0 aromatic carbocycles. The van der Waals surface area contributed by atoms with Crippen molar-refractivity contribution in [1.29, 1.82) is 0 Å². The third-order valence-corrected chi connectivity index (χ3v) is 3.87. The predicted molar refractivity (Wildman–Crippen MR) is 78.3 cm³/mol. The van der Waals surface area contributed by atoms with Gasteiger partial charge >= 0.3 is 6.03 Å². The molecule has 0 unspecified atom stereocenters. The molecular weight excluding hydrogens is 274 g/mol. The van der Waals surface area contributed by atoms with Gasteiger partial charge in [0.2, 0.25) is 0 Å². The SMILES string of the molecule is CN(CC1(CO)CCOCC1)C(=O)Nc1ccc[nH]c1=O. The average Bonchev–Trinajstić information content (AvgIpc) is 2.50. The summed E-state index contributed by atoms with van der Waals surface area (Å²) in [6.07, 6.45) is 2.94. The van der Waals surface area contributed by atoms with Crippen molar-refractivity contribution >= 4 is 11.7 Å². The van der Waals surface area contributed by atoms with Crippen molar-refractivity contribution in [3.8, 4) is 0 Å². The van der Waals surface area contributed by atoms with Gasteiger partial charge in [0.25, 0.3) is 5.56 Å². The molecule has 1 saturated heterocycles. The van der Waals surface area contributed by atoms with Crippen LogP contribution in [0.1, 0.15) is 12.8 Å². The Labute approximate surface area is 122 Å². The van der Waals surface area contributed by atoms with E-state index in [0.717, 1.165) is 0 Å². The molecule has 0 aliphatic carbocycles. The second-order valence-electron chi connectivity index (χ2n) is 5.47. The van der Waals surface area contributed by atoms with Crippen molar-refractivity contribution in [1.82, 2.24) is 9.88 Å². The molecule has 2 heterocycles. The van der Waals surface area contributed by atoms with Crippen LogP contribution in [0.3, 0.4) is 0 Å². The molecule has 3 N–H and O–H groups in total. The second-order valence-corrected chi connectivity index (χ2v) is 5.47. The van der Waals surface area contributed by atoms with Crippen molar-refractivity contribution < 1.29 is 14.6 Å². The first-order valence-corrected chi connectivity index (χ1v) is 6.95. The van der Waals surface area contributed by atoms with Crippen LogP contribution in [-0.2, 0) is 4.74 Å². The number of hydrogen-bond acceptors (Lipinski definition) is 4. The fourth-order valence-corrected chi connectivity index (χ4v) is 2.48. The lowest BCUT2D eigenvalue weighted by Gasteiger charge is -2.38. The third-order valence-electron chi connectivity index (χ3n) is 3.87. The molecule has 116 valence electrons. The number of aliphatic hydroxyl groups excluding tert-OH is 1. The summed E-state index contributed by atoms with van der Waals surface area (Å²) in [6, 6.07) is 2.82. The van der Waals surface area contributed by atoms with Gasteiger partial charge in [0.15, 0.2) is 0 Å². The second kappa shape index (κ2) is 6.73. The smallest absolute Gasteiger partial charge is 0.321 e. The van der Waals surface area contributed by atoms with Crippen LogP contribution in [0.5, 0.6) is 0 Å². The molecule has 2 rings (SSSR count). The van der Waals surface area contributed by atoms with Crippen LogP contribution in [-0.4, -0.2) is 54.4 Å². The topological polar surface area (TPSA) is 94.7 Å². The zero-order valence-electron chi connectivity index (χ0n) is 12.1. The summed E-state index contributed by atoms with van der Waals surface area (Å²) in [5.74, 6) is 0. The largest absolute Gasteiger partial charge is 0.396 e. The molecule has 21 heavy (non-hydrogen) atoms. The summed E-state index contributed by atoms with van der Waals surface area (Å²) < 4.78 is 5.30. The van der Waals surface area contributed by atoms with Gasteiger partial charge in [0.05, 0.1) is 6.61 Å². The van der Waals surface area contributed by atoms with Gasteiger partial charge in [0, 0.05) is 38.4 Å². The Kier molecular flexibility index (Phi) is 4.98. The van der Waals surface area contributed by atoms with E-state index in [9.17, 15) is 14.7 Å². The lowest BCUT2D eigenvalue weighted by atomic mass is 9.80. The number of H-pyrrole nitrogens is 1. The van der Waals surface area contributed by atoms with Gasteiger partial charge in [-0.25, -0.2) is 4.79 Å². The lowest BCUT2D eigenvalue weighted by Crippen LogP contribution is -2.46.